The largest absolute Gasteiger partial charge is 0.342 e. The van der Waals surface area contributed by atoms with Crippen molar-refractivity contribution in [2.45, 2.75) is 37.7 Å². The number of hydrogen-bond donors (Lipinski definition) is 0. The minimum atomic E-state index is -0.348. The van der Waals surface area contributed by atoms with E-state index < -0.39 is 0 Å². The summed E-state index contributed by atoms with van der Waals surface area (Å²) in [6.07, 6.45) is 0. The van der Waals surface area contributed by atoms with Crippen molar-refractivity contribution in [3.05, 3.63) is 77.6 Å². The molecule has 0 aliphatic carbocycles. The van der Waals surface area contributed by atoms with Gasteiger partial charge in [-0.25, -0.2) is 0 Å². The second kappa shape index (κ2) is 9.55. The molecule has 3 rings (SSSR count). The molecule has 0 spiro atoms. The molecule has 0 N–H and O–H groups in total. The molecule has 0 bridgehead atoms. The van der Waals surface area contributed by atoms with Crippen LogP contribution in [0.3, 0.4) is 0 Å². The lowest BCUT2D eigenvalue weighted by molar-refractivity contribution is -0.130. The van der Waals surface area contributed by atoms with Gasteiger partial charge in [-0.2, -0.15) is 0 Å². The van der Waals surface area contributed by atoms with Crippen molar-refractivity contribution < 1.29 is 4.79 Å². The van der Waals surface area contributed by atoms with Crippen molar-refractivity contribution >= 4 is 17.7 Å². The maximum absolute atomic E-state index is 13.2. The van der Waals surface area contributed by atoms with E-state index in [2.05, 4.69) is 26.9 Å². The Bertz CT molecular complexity index is 891. The highest BCUT2D eigenvalue weighted by molar-refractivity contribution is 8.00. The van der Waals surface area contributed by atoms with Crippen molar-refractivity contribution in [2.24, 2.45) is 0 Å². The minimum Gasteiger partial charge on any atom is -0.342 e. The Labute approximate surface area is 170 Å². The van der Waals surface area contributed by atoms with Crippen LogP contribution < -0.4 is 0 Å². The van der Waals surface area contributed by atoms with Crippen LogP contribution in [0, 0.1) is 6.92 Å². The van der Waals surface area contributed by atoms with Gasteiger partial charge in [0.05, 0.1) is 6.54 Å². The topological polar surface area (TPSA) is 51.0 Å². The average molecular weight is 395 g/mol. The predicted octanol–water partition coefficient (Wildman–Crippen LogP) is 4.34. The summed E-state index contributed by atoms with van der Waals surface area (Å²) in [5.41, 5.74) is 2.16. The summed E-state index contributed by atoms with van der Waals surface area (Å²) in [5, 5.41) is 9.06. The molecule has 0 radical (unpaired) electrons. The maximum Gasteiger partial charge on any atom is 0.240 e. The third-order valence-electron chi connectivity index (χ3n) is 4.71. The quantitative estimate of drug-likeness (QED) is 0.534. The van der Waals surface area contributed by atoms with E-state index in [9.17, 15) is 4.79 Å². The Balaban J connectivity index is 1.92. The number of carbonyl (C=O) groups is 1. The molecule has 0 aliphatic heterocycles. The number of aromatic nitrogens is 3. The van der Waals surface area contributed by atoms with Gasteiger partial charge < -0.3 is 9.47 Å². The smallest absolute Gasteiger partial charge is 0.240 e. The molecule has 1 aromatic heterocycles. The van der Waals surface area contributed by atoms with Gasteiger partial charge in [-0.1, -0.05) is 72.4 Å². The minimum absolute atomic E-state index is 0.105. The van der Waals surface area contributed by atoms with E-state index in [0.717, 1.165) is 16.5 Å². The molecule has 146 valence electrons. The van der Waals surface area contributed by atoms with Crippen LogP contribution in [0.5, 0.6) is 0 Å². The van der Waals surface area contributed by atoms with E-state index in [0.29, 0.717) is 19.6 Å². The first-order valence-electron chi connectivity index (χ1n) is 9.58. The summed E-state index contributed by atoms with van der Waals surface area (Å²) in [4.78, 5) is 15.1. The predicted molar refractivity (Wildman–Crippen MR) is 113 cm³/mol. The van der Waals surface area contributed by atoms with E-state index in [1.807, 2.05) is 74.2 Å². The van der Waals surface area contributed by atoms with E-state index in [4.69, 9.17) is 0 Å². The van der Waals surface area contributed by atoms with Crippen molar-refractivity contribution in [3.63, 3.8) is 0 Å². The van der Waals surface area contributed by atoms with Crippen LogP contribution in [0.1, 0.15) is 36.0 Å². The molecule has 5 nitrogen and oxygen atoms in total. The van der Waals surface area contributed by atoms with Gasteiger partial charge in [-0.15, -0.1) is 10.2 Å². The molecule has 1 amide bonds. The number of hydrogen-bond acceptors (Lipinski definition) is 4. The number of rotatable bonds is 8. The third kappa shape index (κ3) is 4.62. The van der Waals surface area contributed by atoms with Gasteiger partial charge in [0.25, 0.3) is 0 Å². The normalized spacial score (nSPS) is 12.0. The molecule has 2 aromatic carbocycles. The van der Waals surface area contributed by atoms with Crippen LogP contribution in [-0.4, -0.2) is 38.7 Å². The Morgan fingerprint density at radius 2 is 1.61 bits per heavy atom. The number of carbonyl (C=O) groups excluding carboxylic acids is 1. The number of amides is 1. The molecule has 1 heterocycles. The number of nitrogens with zero attached hydrogens (tertiary/aromatic N) is 4. The van der Waals surface area contributed by atoms with Gasteiger partial charge in [-0.05, 0) is 31.9 Å². The molecule has 0 fully saturated rings. The highest BCUT2D eigenvalue weighted by atomic mass is 32.2. The van der Waals surface area contributed by atoms with E-state index in [-0.39, 0.29) is 11.2 Å². The summed E-state index contributed by atoms with van der Waals surface area (Å²) >= 11 is 1.47. The molecule has 1 unspecified atom stereocenters. The van der Waals surface area contributed by atoms with Crippen molar-refractivity contribution in [3.8, 4) is 0 Å². The fourth-order valence-electron chi connectivity index (χ4n) is 3.09. The molecular weight excluding hydrogens is 368 g/mol. The second-order valence-electron chi connectivity index (χ2n) is 6.52. The molecular formula is C22H26N4OS. The van der Waals surface area contributed by atoms with Crippen LogP contribution in [0.2, 0.25) is 0 Å². The standard InChI is InChI=1S/C22H26N4OS/c1-4-25(5-2)21(27)20(19-14-10-7-11-15-19)28-22-24-23-17(3)26(22)16-18-12-8-6-9-13-18/h6-15,20H,4-5,16H2,1-3H3. The fraction of sp³-hybridized carbons (Fsp3) is 0.318. The summed E-state index contributed by atoms with van der Waals surface area (Å²) in [7, 11) is 0. The second-order valence-corrected chi connectivity index (χ2v) is 7.59. The first-order chi connectivity index (χ1) is 13.6. The lowest BCUT2D eigenvalue weighted by atomic mass is 10.1. The fourth-order valence-corrected chi connectivity index (χ4v) is 4.26. The SMILES string of the molecule is CCN(CC)C(=O)C(Sc1nnc(C)n1Cc1ccccc1)c1ccccc1. The van der Waals surface area contributed by atoms with Crippen molar-refractivity contribution in [1.29, 1.82) is 0 Å². The van der Waals surface area contributed by atoms with Crippen LogP contribution in [0.15, 0.2) is 65.8 Å². The summed E-state index contributed by atoms with van der Waals surface area (Å²) in [5.74, 6) is 0.946. The summed E-state index contributed by atoms with van der Waals surface area (Å²) in [6.45, 7) is 8.03. The van der Waals surface area contributed by atoms with Gasteiger partial charge in [-0.3, -0.25) is 4.79 Å². The number of aryl methyl sites for hydroxylation is 1. The van der Waals surface area contributed by atoms with E-state index >= 15 is 0 Å². The zero-order chi connectivity index (χ0) is 19.9. The van der Waals surface area contributed by atoms with Crippen LogP contribution in [0.4, 0.5) is 0 Å². The molecule has 0 aliphatic rings. The zero-order valence-corrected chi connectivity index (χ0v) is 17.4. The van der Waals surface area contributed by atoms with Gasteiger partial charge in [0.15, 0.2) is 5.16 Å². The zero-order valence-electron chi connectivity index (χ0n) is 16.6. The number of thioether (sulfide) groups is 1. The van der Waals surface area contributed by atoms with Gasteiger partial charge in [0, 0.05) is 13.1 Å². The van der Waals surface area contributed by atoms with Crippen LogP contribution in [-0.2, 0) is 11.3 Å². The first kappa shape index (κ1) is 20.1. The number of likely N-dealkylation sites (N-methyl/N-ethyl adjacent to an activating group) is 1. The molecule has 0 saturated heterocycles. The monoisotopic (exact) mass is 394 g/mol. The Morgan fingerprint density at radius 3 is 2.21 bits per heavy atom. The Hall–Kier alpha value is -2.60. The van der Waals surface area contributed by atoms with E-state index in [1.54, 1.807) is 0 Å². The summed E-state index contributed by atoms with van der Waals surface area (Å²) < 4.78 is 2.07. The van der Waals surface area contributed by atoms with Gasteiger partial charge in [0.2, 0.25) is 5.91 Å². The van der Waals surface area contributed by atoms with Gasteiger partial charge in [0.1, 0.15) is 11.1 Å². The number of benzene rings is 2. The van der Waals surface area contributed by atoms with Gasteiger partial charge >= 0.3 is 0 Å². The van der Waals surface area contributed by atoms with Crippen LogP contribution in [0.25, 0.3) is 0 Å². The van der Waals surface area contributed by atoms with Crippen molar-refractivity contribution in [1.82, 2.24) is 19.7 Å². The Morgan fingerprint density at radius 1 is 1.00 bits per heavy atom. The lowest BCUT2D eigenvalue weighted by Crippen LogP contribution is -2.34. The maximum atomic E-state index is 13.2. The third-order valence-corrected chi connectivity index (χ3v) is 5.93. The summed E-state index contributed by atoms with van der Waals surface area (Å²) in [6, 6.07) is 20.1. The van der Waals surface area contributed by atoms with Crippen molar-refractivity contribution in [2.75, 3.05) is 13.1 Å². The molecule has 6 heteroatoms. The molecule has 28 heavy (non-hydrogen) atoms. The lowest BCUT2D eigenvalue weighted by Gasteiger charge is -2.25. The molecule has 1 atom stereocenters. The average Bonchev–Trinajstić information content (AvgIpc) is 3.07. The van der Waals surface area contributed by atoms with E-state index in [1.165, 1.54) is 17.3 Å². The highest BCUT2D eigenvalue weighted by Gasteiger charge is 2.28. The first-order valence-corrected chi connectivity index (χ1v) is 10.5. The molecule has 0 saturated carbocycles. The Kier molecular flexibility index (Phi) is 6.87. The van der Waals surface area contributed by atoms with Crippen LogP contribution >= 0.6 is 11.8 Å². The molecule has 3 aromatic rings. The highest BCUT2D eigenvalue weighted by Crippen LogP contribution is 2.36.